The lowest BCUT2D eigenvalue weighted by atomic mass is 10.2. The third-order valence-electron chi connectivity index (χ3n) is 4.04. The van der Waals surface area contributed by atoms with Gasteiger partial charge in [0.25, 0.3) is 11.4 Å². The molecule has 0 aliphatic heterocycles. The number of aldehydes is 1. The van der Waals surface area contributed by atoms with Crippen molar-refractivity contribution in [2.24, 2.45) is 0 Å². The second-order valence-electron chi connectivity index (χ2n) is 5.79. The van der Waals surface area contributed by atoms with Gasteiger partial charge in [0, 0.05) is 28.6 Å². The number of aromatic nitrogens is 2. The highest BCUT2D eigenvalue weighted by Gasteiger charge is 2.14. The van der Waals surface area contributed by atoms with Crippen LogP contribution < -0.4 is 0 Å². The maximum atomic E-state index is 10.6. The van der Waals surface area contributed by atoms with E-state index in [9.17, 15) is 25.0 Å². The highest BCUT2D eigenvalue weighted by molar-refractivity contribution is 5.93. The summed E-state index contributed by atoms with van der Waals surface area (Å²) in [5.74, 6) is 0. The maximum Gasteiger partial charge on any atom is 0.293 e. The topological polar surface area (TPSA) is 155 Å². The van der Waals surface area contributed by atoms with Crippen molar-refractivity contribution in [1.82, 2.24) is 9.97 Å². The maximum absolute atomic E-state index is 10.6. The fourth-order valence-electron chi connectivity index (χ4n) is 2.81. The molecule has 28 heavy (non-hydrogen) atoms. The average molecular weight is 382 g/mol. The number of nitrogens with zero attached hydrogens (tertiary/aromatic N) is 2. The zero-order valence-corrected chi connectivity index (χ0v) is 14.3. The van der Waals surface area contributed by atoms with Gasteiger partial charge in [-0.25, -0.2) is 0 Å². The first kappa shape index (κ1) is 18.7. The Balaban J connectivity index is 0.000000161. The molecule has 142 valence electrons. The second-order valence-corrected chi connectivity index (χ2v) is 5.79. The van der Waals surface area contributed by atoms with E-state index in [1.54, 1.807) is 36.4 Å². The number of nitro groups is 2. The smallest absolute Gasteiger partial charge is 0.293 e. The fraction of sp³-hybridized carbons (Fsp3) is 0.0556. The van der Waals surface area contributed by atoms with Gasteiger partial charge in [-0.15, -0.1) is 0 Å². The molecule has 0 bridgehead atoms. The number of fused-ring (bicyclic) bond motifs is 2. The van der Waals surface area contributed by atoms with Gasteiger partial charge in [-0.3, -0.25) is 25.0 Å². The summed E-state index contributed by atoms with van der Waals surface area (Å²) in [4.78, 5) is 36.3. The zero-order chi connectivity index (χ0) is 20.3. The van der Waals surface area contributed by atoms with Crippen LogP contribution in [0, 0.1) is 20.2 Å². The minimum atomic E-state index is -0.479. The second kappa shape index (κ2) is 7.68. The summed E-state index contributed by atoms with van der Waals surface area (Å²) >= 11 is 0. The molecule has 0 amide bonds. The van der Waals surface area contributed by atoms with Gasteiger partial charge in [-0.05, 0) is 12.1 Å². The van der Waals surface area contributed by atoms with Crippen molar-refractivity contribution in [3.8, 4) is 0 Å². The number of aliphatic hydroxyl groups excluding tert-OH is 1. The zero-order valence-electron chi connectivity index (χ0n) is 14.3. The normalized spacial score (nSPS) is 10.5. The van der Waals surface area contributed by atoms with E-state index in [4.69, 9.17) is 5.11 Å². The molecule has 2 aromatic carbocycles. The Kier molecular flexibility index (Phi) is 5.14. The molecule has 4 rings (SSSR count). The molecule has 0 fully saturated rings. The van der Waals surface area contributed by atoms with Gasteiger partial charge in [0.05, 0.1) is 22.1 Å². The number of para-hydroxylation sites is 2. The number of non-ortho nitro benzene ring substituents is 2. The summed E-state index contributed by atoms with van der Waals surface area (Å²) < 4.78 is 0. The van der Waals surface area contributed by atoms with E-state index in [0.717, 1.165) is 5.39 Å². The quantitative estimate of drug-likeness (QED) is 0.279. The van der Waals surface area contributed by atoms with E-state index in [1.807, 2.05) is 0 Å². The number of carbonyl (C=O) groups is 1. The van der Waals surface area contributed by atoms with Crippen LogP contribution in [0.5, 0.6) is 0 Å². The van der Waals surface area contributed by atoms with Crippen LogP contribution in [0.4, 0.5) is 11.4 Å². The molecule has 0 atom stereocenters. The first-order valence-corrected chi connectivity index (χ1v) is 8.01. The van der Waals surface area contributed by atoms with Crippen molar-refractivity contribution in [1.29, 1.82) is 0 Å². The Morgan fingerprint density at radius 2 is 1.43 bits per heavy atom. The van der Waals surface area contributed by atoms with Crippen LogP contribution in [0.25, 0.3) is 21.8 Å². The summed E-state index contributed by atoms with van der Waals surface area (Å²) in [6, 6.07) is 12.8. The Labute approximate surface area is 156 Å². The predicted molar refractivity (Wildman–Crippen MR) is 101 cm³/mol. The molecule has 0 spiro atoms. The Bertz CT molecular complexity index is 1190. The summed E-state index contributed by atoms with van der Waals surface area (Å²) in [6.45, 7) is -0.147. The van der Waals surface area contributed by atoms with E-state index >= 15 is 0 Å². The van der Waals surface area contributed by atoms with E-state index in [-0.39, 0.29) is 18.0 Å². The minimum Gasteiger partial charge on any atom is -0.390 e. The molecule has 0 saturated heterocycles. The van der Waals surface area contributed by atoms with Crippen LogP contribution in [0.1, 0.15) is 16.2 Å². The molecule has 2 aromatic heterocycles. The van der Waals surface area contributed by atoms with Gasteiger partial charge in [-0.1, -0.05) is 24.3 Å². The molecule has 0 saturated carbocycles. The number of rotatable bonds is 4. The van der Waals surface area contributed by atoms with E-state index < -0.39 is 9.85 Å². The van der Waals surface area contributed by atoms with Crippen LogP contribution >= 0.6 is 0 Å². The van der Waals surface area contributed by atoms with Gasteiger partial charge in [-0.2, -0.15) is 0 Å². The third kappa shape index (κ3) is 3.57. The standard InChI is InChI=1S/C9H8N2O3.C9H6N2O3/c2*12-5-7-4-6-2-1-3-8(11(13)14)9(6)10-7/h1-4,10,12H,5H2;1-5,10H. The Hall–Kier alpha value is -4.05. The number of hydrogen-bond donors (Lipinski definition) is 3. The molecule has 10 nitrogen and oxygen atoms in total. The van der Waals surface area contributed by atoms with Gasteiger partial charge in [0.2, 0.25) is 0 Å². The van der Waals surface area contributed by atoms with Gasteiger partial charge >= 0.3 is 0 Å². The van der Waals surface area contributed by atoms with Crippen molar-refractivity contribution < 1.29 is 19.7 Å². The summed E-state index contributed by atoms with van der Waals surface area (Å²) in [5.41, 5.74) is 1.78. The number of nitro benzene ring substituents is 2. The molecule has 0 aliphatic rings. The highest BCUT2D eigenvalue weighted by atomic mass is 16.6. The lowest BCUT2D eigenvalue weighted by Crippen LogP contribution is -1.88. The number of aliphatic hydroxyl groups is 1. The largest absolute Gasteiger partial charge is 0.390 e. The molecule has 0 unspecified atom stereocenters. The summed E-state index contributed by atoms with van der Waals surface area (Å²) in [7, 11) is 0. The first-order valence-electron chi connectivity index (χ1n) is 8.01. The van der Waals surface area contributed by atoms with E-state index in [2.05, 4.69) is 9.97 Å². The van der Waals surface area contributed by atoms with Crippen molar-refractivity contribution in [2.45, 2.75) is 6.61 Å². The van der Waals surface area contributed by atoms with Gasteiger partial charge in [0.15, 0.2) is 6.29 Å². The van der Waals surface area contributed by atoms with Crippen LogP contribution in [-0.2, 0) is 6.61 Å². The molecular formula is C18H14N4O6. The summed E-state index contributed by atoms with van der Waals surface area (Å²) in [6.07, 6.45) is 0.629. The Morgan fingerprint density at radius 1 is 0.893 bits per heavy atom. The van der Waals surface area contributed by atoms with Crippen molar-refractivity contribution in [3.05, 3.63) is 80.1 Å². The lowest BCUT2D eigenvalue weighted by molar-refractivity contribution is -0.383. The number of benzene rings is 2. The van der Waals surface area contributed by atoms with Crippen LogP contribution in [0.15, 0.2) is 48.5 Å². The van der Waals surface area contributed by atoms with Crippen LogP contribution in [0.3, 0.4) is 0 Å². The lowest BCUT2D eigenvalue weighted by Gasteiger charge is -1.92. The van der Waals surface area contributed by atoms with Crippen LogP contribution in [0.2, 0.25) is 0 Å². The van der Waals surface area contributed by atoms with Gasteiger partial charge < -0.3 is 15.1 Å². The van der Waals surface area contributed by atoms with E-state index in [1.165, 1.54) is 12.1 Å². The first-order chi connectivity index (χ1) is 13.4. The number of carbonyl (C=O) groups excluding carboxylic acids is 1. The highest BCUT2D eigenvalue weighted by Crippen LogP contribution is 2.25. The minimum absolute atomic E-state index is 0.0180. The number of hydrogen-bond acceptors (Lipinski definition) is 6. The van der Waals surface area contributed by atoms with Crippen molar-refractivity contribution in [2.75, 3.05) is 0 Å². The molecule has 0 radical (unpaired) electrons. The predicted octanol–water partition coefficient (Wildman–Crippen LogP) is 3.46. The molecule has 2 heterocycles. The van der Waals surface area contributed by atoms with Crippen molar-refractivity contribution in [3.63, 3.8) is 0 Å². The number of aromatic amines is 2. The SMILES string of the molecule is O=Cc1cc2cccc([N+](=O)[O-])c2[nH]1.O=[N+]([O-])c1cccc2cc(CO)[nH]c12. The van der Waals surface area contributed by atoms with Crippen molar-refractivity contribution >= 4 is 39.5 Å². The third-order valence-corrected chi connectivity index (χ3v) is 4.04. The fourth-order valence-corrected chi connectivity index (χ4v) is 2.81. The van der Waals surface area contributed by atoms with Gasteiger partial charge in [0.1, 0.15) is 11.0 Å². The molecule has 0 aliphatic carbocycles. The van der Waals surface area contributed by atoms with E-state index in [0.29, 0.717) is 34.1 Å². The average Bonchev–Trinajstić information content (AvgIpc) is 3.30. The summed E-state index contributed by atoms with van der Waals surface area (Å²) in [5, 5.41) is 31.5. The van der Waals surface area contributed by atoms with Crippen LogP contribution in [-0.4, -0.2) is 31.2 Å². The molecular weight excluding hydrogens is 368 g/mol. The Morgan fingerprint density at radius 3 is 1.93 bits per heavy atom. The number of nitrogens with one attached hydrogen (secondary N) is 2. The molecule has 10 heteroatoms. The molecule has 4 aromatic rings. The molecule has 3 N–H and O–H groups in total. The number of H-pyrrole nitrogens is 2. The monoisotopic (exact) mass is 382 g/mol.